The van der Waals surface area contributed by atoms with Crippen molar-refractivity contribution in [2.24, 2.45) is 0 Å². The van der Waals surface area contributed by atoms with E-state index in [1.165, 1.54) is 0 Å². The Kier molecular flexibility index (Phi) is 4.09. The first-order valence-electron chi connectivity index (χ1n) is 1.90. The fourth-order valence-electron chi connectivity index (χ4n) is 0.176. The smallest absolute Gasteiger partial charge is 0.160 e. The van der Waals surface area contributed by atoms with Gasteiger partial charge in [-0.1, -0.05) is 0 Å². The molecule has 9 heavy (non-hydrogen) atoms. The van der Waals surface area contributed by atoms with E-state index >= 15 is 0 Å². The van der Waals surface area contributed by atoms with E-state index in [0.29, 0.717) is 0 Å². The Morgan fingerprint density at radius 1 is 1.44 bits per heavy atom. The molecule has 0 amide bonds. The first-order valence-corrected chi connectivity index (χ1v) is 3.75. The van der Waals surface area contributed by atoms with Crippen molar-refractivity contribution in [3.63, 3.8) is 0 Å². The van der Waals surface area contributed by atoms with E-state index in [-0.39, 0.29) is 17.6 Å². The summed E-state index contributed by atoms with van der Waals surface area (Å²) >= 11 is 9.76. The molecule has 0 aliphatic rings. The molecule has 0 N–H and O–H groups in total. The van der Waals surface area contributed by atoms with Crippen molar-refractivity contribution in [3.05, 3.63) is 0 Å². The fraction of sp³-hybridized carbons (Fsp3) is 1.00. The average molecular weight is 199 g/mol. The molecule has 0 aromatic heterocycles. The molecular weight excluding hydrogens is 196 g/mol. The van der Waals surface area contributed by atoms with Crippen molar-refractivity contribution in [1.29, 1.82) is 0 Å². The maximum absolute atomic E-state index is 11.3. The van der Waals surface area contributed by atoms with Crippen LogP contribution in [0.1, 0.15) is 0 Å². The lowest BCUT2D eigenvalue weighted by Crippen LogP contribution is -2.07. The minimum absolute atomic E-state index is 0.203. The highest BCUT2D eigenvalue weighted by atomic mass is 35.5. The molecule has 0 heterocycles. The fourth-order valence-corrected chi connectivity index (χ4v) is 1.02. The van der Waals surface area contributed by atoms with Crippen LogP contribution < -0.4 is 0 Å². The van der Waals surface area contributed by atoms with Crippen LogP contribution in [0.5, 0.6) is 0 Å². The second-order valence-electron chi connectivity index (χ2n) is 1.13. The molecule has 0 spiro atoms. The Labute approximate surface area is 64.7 Å². The summed E-state index contributed by atoms with van der Waals surface area (Å²) < 4.78 is 32.9. The van der Waals surface area contributed by atoms with E-state index in [2.05, 4.69) is 0 Å². The lowest BCUT2D eigenvalue weighted by Gasteiger charge is -2.07. The molecule has 1 atom stereocenters. The van der Waals surface area contributed by atoms with Gasteiger partial charge in [-0.3, -0.25) is 0 Å². The van der Waals surface area contributed by atoms with Crippen LogP contribution in [0.15, 0.2) is 0 Å². The summed E-state index contributed by atoms with van der Waals surface area (Å²) in [4.78, 5) is 0. The molecule has 0 bridgehead atoms. The van der Waals surface area contributed by atoms with Gasteiger partial charge in [0.25, 0.3) is 0 Å². The molecule has 0 nitrogen and oxygen atoms in total. The van der Waals surface area contributed by atoms with Crippen molar-refractivity contribution < 1.29 is 13.2 Å². The maximum atomic E-state index is 11.3. The number of hydrogen-bond acceptors (Lipinski definition) is 1. The summed E-state index contributed by atoms with van der Waals surface area (Å²) in [6.07, 6.45) is 0. The molecule has 56 valence electrons. The van der Waals surface area contributed by atoms with Crippen molar-refractivity contribution >= 4 is 35.0 Å². The molecule has 0 aliphatic carbocycles. The third-order valence-electron chi connectivity index (χ3n) is 0.383. The van der Waals surface area contributed by atoms with E-state index in [0.717, 1.165) is 0 Å². The summed E-state index contributed by atoms with van der Waals surface area (Å²) in [6.45, 7) is 0. The Bertz CT molecular complexity index is 83.6. The lowest BCUT2D eigenvalue weighted by molar-refractivity contribution is -0.0328. The Hall–Kier alpha value is 0.720. The number of hydrogen-bond donors (Lipinski definition) is 0. The van der Waals surface area contributed by atoms with E-state index in [9.17, 15) is 13.2 Å². The van der Waals surface area contributed by atoms with Gasteiger partial charge >= 0.3 is 5.51 Å². The Balaban J connectivity index is 3.47. The molecule has 6 heteroatoms. The van der Waals surface area contributed by atoms with E-state index in [1.807, 2.05) is 0 Å². The highest BCUT2D eigenvalue weighted by Crippen LogP contribution is 2.35. The zero-order valence-electron chi connectivity index (χ0n) is 4.08. The highest BCUT2D eigenvalue weighted by Gasteiger charge is 2.31. The van der Waals surface area contributed by atoms with E-state index in [4.69, 9.17) is 23.2 Å². The molecule has 0 rings (SSSR count). The van der Waals surface area contributed by atoms with Gasteiger partial charge in [-0.15, -0.1) is 23.2 Å². The van der Waals surface area contributed by atoms with Crippen molar-refractivity contribution in [2.45, 2.75) is 10.2 Å². The number of alkyl halides is 5. The van der Waals surface area contributed by atoms with Gasteiger partial charge in [0.05, 0.1) is 0 Å². The molecule has 0 saturated heterocycles. The van der Waals surface area contributed by atoms with Crippen molar-refractivity contribution in [3.8, 4) is 0 Å². The third-order valence-corrected chi connectivity index (χ3v) is 2.14. The molecule has 0 aliphatic heterocycles. The summed E-state index contributed by atoms with van der Waals surface area (Å²) in [5.41, 5.74) is -4.28. The largest absolute Gasteiger partial charge is 0.443 e. The van der Waals surface area contributed by atoms with Crippen LogP contribution in [0.4, 0.5) is 13.2 Å². The zero-order chi connectivity index (χ0) is 7.49. The van der Waals surface area contributed by atoms with Gasteiger partial charge < -0.3 is 0 Å². The van der Waals surface area contributed by atoms with Crippen LogP contribution in [-0.2, 0) is 0 Å². The Morgan fingerprint density at radius 2 is 1.89 bits per heavy atom. The minimum Gasteiger partial charge on any atom is -0.160 e. The van der Waals surface area contributed by atoms with Gasteiger partial charge in [0.2, 0.25) is 0 Å². The lowest BCUT2D eigenvalue weighted by atomic mass is 10.9. The topological polar surface area (TPSA) is 0 Å². The van der Waals surface area contributed by atoms with Crippen LogP contribution >= 0.6 is 35.0 Å². The van der Waals surface area contributed by atoms with E-state index in [1.54, 1.807) is 0 Å². The molecule has 0 saturated carbocycles. The summed E-state index contributed by atoms with van der Waals surface area (Å²) in [7, 11) is 0. The van der Waals surface area contributed by atoms with Crippen LogP contribution in [0.25, 0.3) is 0 Å². The standard InChI is InChI=1S/C3H3Cl2F3S/c4-1-2(5)9-3(6,7)8/h2H,1H2. The van der Waals surface area contributed by atoms with Crippen LogP contribution in [0, 0.1) is 0 Å². The number of halogens is 5. The van der Waals surface area contributed by atoms with Crippen molar-refractivity contribution in [1.82, 2.24) is 0 Å². The second-order valence-corrected chi connectivity index (χ2v) is 3.49. The second kappa shape index (κ2) is 3.78. The van der Waals surface area contributed by atoms with Crippen molar-refractivity contribution in [2.75, 3.05) is 5.88 Å². The quantitative estimate of drug-likeness (QED) is 0.616. The monoisotopic (exact) mass is 198 g/mol. The SMILES string of the molecule is FC(F)(F)SC(Cl)CCl. The minimum atomic E-state index is -4.28. The van der Waals surface area contributed by atoms with Gasteiger partial charge in [0, 0.05) is 5.88 Å². The van der Waals surface area contributed by atoms with Gasteiger partial charge in [-0.25, -0.2) is 0 Å². The van der Waals surface area contributed by atoms with Crippen LogP contribution in [-0.4, -0.2) is 16.1 Å². The summed E-state index contributed by atoms with van der Waals surface area (Å²) in [6, 6.07) is 0. The van der Waals surface area contributed by atoms with Crippen LogP contribution in [0.2, 0.25) is 0 Å². The first kappa shape index (κ1) is 9.72. The Morgan fingerprint density at radius 3 is 2.00 bits per heavy atom. The molecule has 0 aromatic rings. The molecular formula is C3H3Cl2F3S. The summed E-state index contributed by atoms with van der Waals surface area (Å²) in [5, 5.41) is 0. The molecule has 0 radical (unpaired) electrons. The number of rotatable bonds is 2. The zero-order valence-corrected chi connectivity index (χ0v) is 6.41. The third kappa shape index (κ3) is 6.61. The van der Waals surface area contributed by atoms with E-state index < -0.39 is 10.2 Å². The average Bonchev–Trinajstić information content (AvgIpc) is 1.62. The molecule has 0 aromatic carbocycles. The maximum Gasteiger partial charge on any atom is 0.443 e. The molecule has 0 fully saturated rings. The van der Waals surface area contributed by atoms with Gasteiger partial charge in [-0.05, 0) is 11.8 Å². The predicted octanol–water partition coefficient (Wildman–Crippen LogP) is 3.04. The van der Waals surface area contributed by atoms with Gasteiger partial charge in [-0.2, -0.15) is 13.2 Å². The van der Waals surface area contributed by atoms with Gasteiger partial charge in [0.15, 0.2) is 0 Å². The number of thioether (sulfide) groups is 1. The summed E-state index contributed by atoms with van der Waals surface area (Å²) in [5.74, 6) is -0.203. The normalized spacial score (nSPS) is 15.7. The first-order chi connectivity index (χ1) is 3.95. The van der Waals surface area contributed by atoms with Crippen LogP contribution in [0.3, 0.4) is 0 Å². The molecule has 1 unspecified atom stereocenters. The highest BCUT2D eigenvalue weighted by molar-refractivity contribution is 8.01. The van der Waals surface area contributed by atoms with Gasteiger partial charge in [0.1, 0.15) is 4.71 Å². The predicted molar refractivity (Wildman–Crippen MR) is 34.0 cm³/mol.